The van der Waals surface area contributed by atoms with Crippen LogP contribution in [0.3, 0.4) is 0 Å². The van der Waals surface area contributed by atoms with Gasteiger partial charge in [-0.15, -0.1) is 0 Å². The van der Waals surface area contributed by atoms with Crippen molar-refractivity contribution < 1.29 is 9.47 Å². The minimum absolute atomic E-state index is 0.491. The summed E-state index contributed by atoms with van der Waals surface area (Å²) in [5.74, 6) is 3.64. The Labute approximate surface area is 186 Å². The largest absolute Gasteiger partial charge is 0.493 e. The molecule has 1 fully saturated rings. The molecule has 5 heteroatoms. The summed E-state index contributed by atoms with van der Waals surface area (Å²) in [5.41, 5.74) is 2.52. The lowest BCUT2D eigenvalue weighted by Crippen LogP contribution is -2.22. The fourth-order valence-corrected chi connectivity index (χ4v) is 4.68. The first-order valence-corrected chi connectivity index (χ1v) is 11.9. The van der Waals surface area contributed by atoms with E-state index in [1.807, 2.05) is 6.20 Å². The van der Waals surface area contributed by atoms with Gasteiger partial charge >= 0.3 is 0 Å². The van der Waals surface area contributed by atoms with Crippen molar-refractivity contribution in [1.82, 2.24) is 4.98 Å². The van der Waals surface area contributed by atoms with Crippen molar-refractivity contribution in [2.75, 3.05) is 30.7 Å². The molecule has 3 rings (SSSR count). The van der Waals surface area contributed by atoms with Gasteiger partial charge in [-0.1, -0.05) is 33.8 Å². The summed E-state index contributed by atoms with van der Waals surface area (Å²) in [6, 6.07) is 10.7. The number of anilines is 1. The molecule has 0 N–H and O–H groups in total. The Morgan fingerprint density at radius 2 is 1.83 bits per heavy atom. The van der Waals surface area contributed by atoms with E-state index < -0.39 is 0 Å². The van der Waals surface area contributed by atoms with E-state index >= 15 is 0 Å². The average molecular weight is 429 g/mol. The van der Waals surface area contributed by atoms with Crippen LogP contribution in [0.4, 0.5) is 5.82 Å². The molecule has 0 amide bonds. The molecule has 0 radical (unpaired) electrons. The summed E-state index contributed by atoms with van der Waals surface area (Å²) in [4.78, 5) is 6.02. The van der Waals surface area contributed by atoms with Crippen LogP contribution in [0.2, 0.25) is 0 Å². The van der Waals surface area contributed by atoms with E-state index in [4.69, 9.17) is 14.5 Å². The van der Waals surface area contributed by atoms with E-state index in [-0.39, 0.29) is 0 Å². The second kappa shape index (κ2) is 11.1. The number of aryl methyl sites for hydroxylation is 1. The van der Waals surface area contributed by atoms with Gasteiger partial charge in [-0.05, 0) is 84.9 Å². The minimum atomic E-state index is 0.491. The smallest absolute Gasteiger partial charge is 0.141 e. The zero-order valence-electron chi connectivity index (χ0n) is 19.1. The van der Waals surface area contributed by atoms with Crippen molar-refractivity contribution in [3.8, 4) is 5.75 Å². The van der Waals surface area contributed by atoms with Crippen molar-refractivity contribution in [2.24, 2.45) is 11.8 Å². The maximum Gasteiger partial charge on any atom is 0.141 e. The summed E-state index contributed by atoms with van der Waals surface area (Å²) in [7, 11) is 0. The average Bonchev–Trinajstić information content (AvgIpc) is 2.73. The van der Waals surface area contributed by atoms with Gasteiger partial charge in [-0.3, -0.25) is 4.31 Å². The highest BCUT2D eigenvalue weighted by Crippen LogP contribution is 2.32. The molecule has 0 atom stereocenters. The molecule has 1 saturated heterocycles. The Balaban J connectivity index is 1.66. The van der Waals surface area contributed by atoms with E-state index in [1.54, 1.807) is 11.9 Å². The Bertz CT molecular complexity index is 786. The first-order valence-electron chi connectivity index (χ1n) is 11.1. The summed E-state index contributed by atoms with van der Waals surface area (Å²) >= 11 is 1.75. The monoisotopic (exact) mass is 428 g/mol. The SMILES string of the molecule is Cc1cc(C(C)C)cnc1N(CC(C)C)Sc1ccc(OCC2CCOCC2)cc1. The zero-order valence-corrected chi connectivity index (χ0v) is 19.9. The third-order valence-electron chi connectivity index (χ3n) is 5.37. The predicted octanol–water partition coefficient (Wildman–Crippen LogP) is 6.49. The summed E-state index contributed by atoms with van der Waals surface area (Å²) in [6.45, 7) is 14.5. The van der Waals surface area contributed by atoms with E-state index in [0.717, 1.165) is 50.8 Å². The fourth-order valence-electron chi connectivity index (χ4n) is 3.52. The van der Waals surface area contributed by atoms with Gasteiger partial charge in [0.05, 0.1) is 6.61 Å². The molecule has 2 aromatic rings. The molecule has 0 spiro atoms. The van der Waals surface area contributed by atoms with Crippen LogP contribution in [-0.2, 0) is 4.74 Å². The number of ether oxygens (including phenoxy) is 2. The molecule has 0 saturated carbocycles. The Kier molecular flexibility index (Phi) is 8.46. The molecular formula is C25H36N2O2S. The van der Waals surface area contributed by atoms with Crippen LogP contribution in [0.25, 0.3) is 0 Å². The van der Waals surface area contributed by atoms with Crippen LogP contribution in [0.15, 0.2) is 41.4 Å². The van der Waals surface area contributed by atoms with Gasteiger partial charge in [0.25, 0.3) is 0 Å². The normalized spacial score (nSPS) is 15.0. The number of nitrogens with zero attached hydrogens (tertiary/aromatic N) is 2. The Morgan fingerprint density at radius 1 is 1.13 bits per heavy atom. The van der Waals surface area contributed by atoms with Crippen LogP contribution >= 0.6 is 11.9 Å². The Hall–Kier alpha value is -1.72. The summed E-state index contributed by atoms with van der Waals surface area (Å²) in [5, 5.41) is 0. The lowest BCUT2D eigenvalue weighted by atomic mass is 10.0. The maximum absolute atomic E-state index is 6.02. The number of pyridine rings is 1. The van der Waals surface area contributed by atoms with Crippen molar-refractivity contribution in [3.63, 3.8) is 0 Å². The Morgan fingerprint density at radius 3 is 2.43 bits per heavy atom. The molecule has 164 valence electrons. The first kappa shape index (κ1) is 23.0. The number of hydrogen-bond donors (Lipinski definition) is 0. The molecule has 1 aliphatic rings. The molecule has 0 bridgehead atoms. The van der Waals surface area contributed by atoms with Crippen LogP contribution in [0, 0.1) is 18.8 Å². The summed E-state index contributed by atoms with van der Waals surface area (Å²) < 4.78 is 13.8. The molecule has 2 heterocycles. The highest BCUT2D eigenvalue weighted by Gasteiger charge is 2.17. The molecule has 1 aromatic carbocycles. The highest BCUT2D eigenvalue weighted by molar-refractivity contribution is 8.00. The molecule has 1 aromatic heterocycles. The van der Waals surface area contributed by atoms with Gasteiger partial charge in [0, 0.05) is 30.9 Å². The topological polar surface area (TPSA) is 34.6 Å². The molecule has 0 aliphatic carbocycles. The van der Waals surface area contributed by atoms with Crippen molar-refractivity contribution >= 4 is 17.8 Å². The van der Waals surface area contributed by atoms with Crippen LogP contribution in [0.5, 0.6) is 5.75 Å². The third-order valence-corrected chi connectivity index (χ3v) is 6.40. The molecule has 4 nitrogen and oxygen atoms in total. The quantitative estimate of drug-likeness (QED) is 0.427. The minimum Gasteiger partial charge on any atom is -0.493 e. The van der Waals surface area contributed by atoms with E-state index in [1.165, 1.54) is 16.0 Å². The molecule has 0 unspecified atom stereocenters. The van der Waals surface area contributed by atoms with Crippen LogP contribution < -0.4 is 9.04 Å². The van der Waals surface area contributed by atoms with E-state index in [2.05, 4.69) is 69.3 Å². The van der Waals surface area contributed by atoms with Gasteiger partial charge in [-0.25, -0.2) is 4.98 Å². The molecule has 30 heavy (non-hydrogen) atoms. The third kappa shape index (κ3) is 6.64. The fraction of sp³-hybridized carbons (Fsp3) is 0.560. The van der Waals surface area contributed by atoms with Crippen molar-refractivity contribution in [3.05, 3.63) is 47.7 Å². The van der Waals surface area contributed by atoms with Gasteiger partial charge < -0.3 is 9.47 Å². The highest BCUT2D eigenvalue weighted by atomic mass is 32.2. The second-order valence-electron chi connectivity index (χ2n) is 8.95. The van der Waals surface area contributed by atoms with Crippen LogP contribution in [-0.4, -0.2) is 31.3 Å². The standard InChI is InChI=1S/C25H36N2O2S/c1-18(2)16-27(25-20(5)14-22(15-26-25)19(3)4)30-24-8-6-23(7-9-24)29-17-21-10-12-28-13-11-21/h6-9,14-15,18-19,21H,10-13,16-17H2,1-5H3. The zero-order chi connectivity index (χ0) is 21.5. The van der Waals surface area contributed by atoms with Gasteiger partial charge in [0.1, 0.15) is 11.6 Å². The van der Waals surface area contributed by atoms with E-state index in [0.29, 0.717) is 17.8 Å². The van der Waals surface area contributed by atoms with Crippen molar-refractivity contribution in [1.29, 1.82) is 0 Å². The van der Waals surface area contributed by atoms with Gasteiger partial charge in [0.2, 0.25) is 0 Å². The van der Waals surface area contributed by atoms with Gasteiger partial charge in [0.15, 0.2) is 0 Å². The maximum atomic E-state index is 6.02. The summed E-state index contributed by atoms with van der Waals surface area (Å²) in [6.07, 6.45) is 4.22. The number of benzene rings is 1. The first-order chi connectivity index (χ1) is 14.4. The second-order valence-corrected chi connectivity index (χ2v) is 10.0. The number of hydrogen-bond acceptors (Lipinski definition) is 5. The van der Waals surface area contributed by atoms with Crippen LogP contribution in [0.1, 0.15) is 57.6 Å². The lowest BCUT2D eigenvalue weighted by Gasteiger charge is -2.26. The van der Waals surface area contributed by atoms with Gasteiger partial charge in [-0.2, -0.15) is 0 Å². The number of rotatable bonds is 9. The predicted molar refractivity (Wildman–Crippen MR) is 127 cm³/mol. The molecule has 1 aliphatic heterocycles. The number of aromatic nitrogens is 1. The van der Waals surface area contributed by atoms with E-state index in [9.17, 15) is 0 Å². The lowest BCUT2D eigenvalue weighted by molar-refractivity contribution is 0.0497. The molecular weight excluding hydrogens is 392 g/mol. The van der Waals surface area contributed by atoms with Crippen molar-refractivity contribution in [2.45, 2.75) is 58.3 Å².